The van der Waals surface area contributed by atoms with Gasteiger partial charge in [0.15, 0.2) is 0 Å². The van der Waals surface area contributed by atoms with Crippen molar-refractivity contribution in [2.45, 2.75) is 51.0 Å². The van der Waals surface area contributed by atoms with Crippen LogP contribution >= 0.6 is 0 Å². The highest BCUT2D eigenvalue weighted by Crippen LogP contribution is 2.39. The number of rotatable bonds is 3. The summed E-state index contributed by atoms with van der Waals surface area (Å²) >= 11 is 0. The van der Waals surface area contributed by atoms with Gasteiger partial charge in [-0.25, -0.2) is 0 Å². The van der Waals surface area contributed by atoms with E-state index in [9.17, 15) is 13.2 Å². The molecule has 0 bridgehead atoms. The van der Waals surface area contributed by atoms with Gasteiger partial charge in [0.2, 0.25) is 0 Å². The summed E-state index contributed by atoms with van der Waals surface area (Å²) in [5.74, 6) is -0.0372. The predicted molar refractivity (Wildman–Crippen MR) is 64.9 cm³/mol. The molecule has 1 aromatic carbocycles. The minimum atomic E-state index is -4.70. The second-order valence-electron chi connectivity index (χ2n) is 4.91. The van der Waals surface area contributed by atoms with E-state index in [0.29, 0.717) is 11.1 Å². The van der Waals surface area contributed by atoms with Gasteiger partial charge in [0.1, 0.15) is 5.75 Å². The Morgan fingerprint density at radius 3 is 2.42 bits per heavy atom. The molecule has 2 nitrogen and oxygen atoms in total. The molecule has 0 unspecified atom stereocenters. The van der Waals surface area contributed by atoms with E-state index in [1.807, 2.05) is 0 Å². The van der Waals surface area contributed by atoms with Crippen LogP contribution in [0.3, 0.4) is 0 Å². The highest BCUT2D eigenvalue weighted by molar-refractivity contribution is 5.40. The summed E-state index contributed by atoms with van der Waals surface area (Å²) in [6, 6.07) is 4.60. The summed E-state index contributed by atoms with van der Waals surface area (Å²) in [6.45, 7) is -0.292. The van der Waals surface area contributed by atoms with E-state index in [1.165, 1.54) is 6.07 Å². The van der Waals surface area contributed by atoms with Crippen LogP contribution in [-0.2, 0) is 6.61 Å². The number of aliphatic hydroxyl groups excluding tert-OH is 1. The normalized spacial score (nSPS) is 17.5. The average molecular weight is 274 g/mol. The largest absolute Gasteiger partial charge is 0.573 e. The maximum absolute atomic E-state index is 12.4. The molecule has 2 rings (SSSR count). The molecule has 0 heterocycles. The van der Waals surface area contributed by atoms with Gasteiger partial charge in [-0.1, -0.05) is 31.4 Å². The fourth-order valence-electron chi connectivity index (χ4n) is 2.64. The van der Waals surface area contributed by atoms with Gasteiger partial charge >= 0.3 is 6.36 Å². The average Bonchev–Trinajstić information content (AvgIpc) is 2.38. The lowest BCUT2D eigenvalue weighted by Gasteiger charge is -2.24. The highest BCUT2D eigenvalue weighted by Gasteiger charge is 2.33. The van der Waals surface area contributed by atoms with Crippen LogP contribution in [0, 0.1) is 0 Å². The third-order valence-corrected chi connectivity index (χ3v) is 3.53. The van der Waals surface area contributed by atoms with Crippen molar-refractivity contribution in [3.63, 3.8) is 0 Å². The predicted octanol–water partition coefficient (Wildman–Crippen LogP) is 4.13. The van der Waals surface area contributed by atoms with Crippen molar-refractivity contribution in [2.75, 3.05) is 0 Å². The Kier molecular flexibility index (Phi) is 4.34. The van der Waals surface area contributed by atoms with Crippen molar-refractivity contribution in [1.82, 2.24) is 0 Å². The minimum absolute atomic E-state index is 0.124. The number of aliphatic hydroxyl groups is 1. The molecule has 1 fully saturated rings. The van der Waals surface area contributed by atoms with Gasteiger partial charge in [0.25, 0.3) is 0 Å². The van der Waals surface area contributed by atoms with Crippen molar-refractivity contribution in [3.8, 4) is 5.75 Å². The van der Waals surface area contributed by atoms with Gasteiger partial charge in [0.05, 0.1) is 6.61 Å². The van der Waals surface area contributed by atoms with Gasteiger partial charge in [-0.2, -0.15) is 0 Å². The molecule has 0 aromatic heterocycles. The van der Waals surface area contributed by atoms with Crippen LogP contribution < -0.4 is 4.74 Å². The van der Waals surface area contributed by atoms with Crippen molar-refractivity contribution in [1.29, 1.82) is 0 Å². The molecule has 19 heavy (non-hydrogen) atoms. The monoisotopic (exact) mass is 274 g/mol. The Morgan fingerprint density at radius 1 is 1.16 bits per heavy atom. The van der Waals surface area contributed by atoms with E-state index in [2.05, 4.69) is 4.74 Å². The van der Waals surface area contributed by atoms with Crippen LogP contribution in [0.4, 0.5) is 13.2 Å². The summed E-state index contributed by atoms with van der Waals surface area (Å²) < 4.78 is 41.4. The van der Waals surface area contributed by atoms with E-state index >= 15 is 0 Å². The molecule has 0 amide bonds. The number of hydrogen-bond acceptors (Lipinski definition) is 2. The van der Waals surface area contributed by atoms with Crippen LogP contribution in [0.2, 0.25) is 0 Å². The third kappa shape index (κ3) is 3.86. The Morgan fingerprint density at radius 2 is 1.84 bits per heavy atom. The van der Waals surface area contributed by atoms with Gasteiger partial charge < -0.3 is 9.84 Å². The van der Waals surface area contributed by atoms with Crippen LogP contribution in [0.5, 0.6) is 5.75 Å². The van der Waals surface area contributed by atoms with Crippen LogP contribution in [0.1, 0.15) is 49.1 Å². The number of halogens is 3. The number of benzene rings is 1. The van der Waals surface area contributed by atoms with Crippen LogP contribution in [0.15, 0.2) is 18.2 Å². The molecule has 106 valence electrons. The smallest absolute Gasteiger partial charge is 0.405 e. The first kappa shape index (κ1) is 14.2. The molecule has 0 saturated heterocycles. The second kappa shape index (κ2) is 5.82. The van der Waals surface area contributed by atoms with Crippen LogP contribution in [-0.4, -0.2) is 11.5 Å². The van der Waals surface area contributed by atoms with Gasteiger partial charge in [-0.3, -0.25) is 0 Å². The van der Waals surface area contributed by atoms with Crippen molar-refractivity contribution in [3.05, 3.63) is 29.3 Å². The van der Waals surface area contributed by atoms with E-state index < -0.39 is 6.36 Å². The second-order valence-corrected chi connectivity index (χ2v) is 4.91. The molecular formula is C14H17F3O2. The fourth-order valence-corrected chi connectivity index (χ4v) is 2.64. The number of hydrogen-bond donors (Lipinski definition) is 1. The first-order valence-corrected chi connectivity index (χ1v) is 6.49. The Hall–Kier alpha value is -1.23. The Labute approximate surface area is 110 Å². The quantitative estimate of drug-likeness (QED) is 0.898. The molecular weight excluding hydrogens is 257 g/mol. The molecule has 1 aliphatic rings. The summed E-state index contributed by atoms with van der Waals surface area (Å²) in [5.41, 5.74) is 1.04. The lowest BCUT2D eigenvalue weighted by atomic mass is 9.83. The summed E-state index contributed by atoms with van der Waals surface area (Å²) in [4.78, 5) is 0. The number of ether oxygens (including phenoxy) is 1. The summed E-state index contributed by atoms with van der Waals surface area (Å²) in [6.07, 6.45) is 0.313. The zero-order valence-electron chi connectivity index (χ0n) is 10.5. The zero-order chi connectivity index (χ0) is 13.9. The van der Waals surface area contributed by atoms with Crippen LogP contribution in [0.25, 0.3) is 0 Å². The molecule has 1 aromatic rings. The maximum Gasteiger partial charge on any atom is 0.573 e. The SMILES string of the molecule is OCc1ccc(C2CCCCC2)c(OC(F)(F)F)c1. The minimum Gasteiger partial charge on any atom is -0.405 e. The Bertz CT molecular complexity index is 423. The molecule has 0 spiro atoms. The molecule has 1 saturated carbocycles. The van der Waals surface area contributed by atoms with Crippen molar-refractivity contribution < 1.29 is 23.0 Å². The maximum atomic E-state index is 12.4. The standard InChI is InChI=1S/C14H17F3O2/c15-14(16,17)19-13-8-10(9-18)6-7-12(13)11-4-2-1-3-5-11/h6-8,11,18H,1-5,9H2. The van der Waals surface area contributed by atoms with E-state index in [1.54, 1.807) is 12.1 Å². The molecule has 1 N–H and O–H groups in total. The van der Waals surface area contributed by atoms with Crippen molar-refractivity contribution in [2.24, 2.45) is 0 Å². The van der Waals surface area contributed by atoms with Gasteiger partial charge in [-0.05, 0) is 36.0 Å². The fraction of sp³-hybridized carbons (Fsp3) is 0.571. The molecule has 0 aliphatic heterocycles. The highest BCUT2D eigenvalue weighted by atomic mass is 19.4. The first-order chi connectivity index (χ1) is 8.99. The van der Waals surface area contributed by atoms with E-state index in [4.69, 9.17) is 5.11 Å². The molecule has 0 radical (unpaired) electrons. The number of alkyl halides is 3. The summed E-state index contributed by atoms with van der Waals surface area (Å²) in [5, 5.41) is 9.02. The summed E-state index contributed by atoms with van der Waals surface area (Å²) in [7, 11) is 0. The lowest BCUT2D eigenvalue weighted by molar-refractivity contribution is -0.275. The zero-order valence-corrected chi connectivity index (χ0v) is 10.5. The van der Waals surface area contributed by atoms with E-state index in [-0.39, 0.29) is 18.3 Å². The molecule has 1 aliphatic carbocycles. The topological polar surface area (TPSA) is 29.5 Å². The first-order valence-electron chi connectivity index (χ1n) is 6.49. The lowest BCUT2D eigenvalue weighted by Crippen LogP contribution is -2.19. The molecule has 0 atom stereocenters. The Balaban J connectivity index is 2.29. The van der Waals surface area contributed by atoms with Gasteiger partial charge in [-0.15, -0.1) is 13.2 Å². The van der Waals surface area contributed by atoms with Gasteiger partial charge in [0, 0.05) is 0 Å². The van der Waals surface area contributed by atoms with E-state index in [0.717, 1.165) is 32.1 Å². The third-order valence-electron chi connectivity index (χ3n) is 3.53. The molecule has 5 heteroatoms. The van der Waals surface area contributed by atoms with Crippen molar-refractivity contribution >= 4 is 0 Å².